The van der Waals surface area contributed by atoms with Crippen molar-refractivity contribution in [1.82, 2.24) is 20.4 Å². The van der Waals surface area contributed by atoms with E-state index in [0.29, 0.717) is 12.1 Å². The highest BCUT2D eigenvalue weighted by Gasteiger charge is 2.23. The second kappa shape index (κ2) is 5.41. The Hall–Kier alpha value is -0.940. The SMILES string of the molecule is CC(C)N1CCC(NCCc2ncon2)C1. The highest BCUT2D eigenvalue weighted by atomic mass is 16.5. The predicted octanol–water partition coefficient (Wildman–Crippen LogP) is 0.684. The summed E-state index contributed by atoms with van der Waals surface area (Å²) in [7, 11) is 0. The number of nitrogens with zero attached hydrogens (tertiary/aromatic N) is 3. The Labute approximate surface area is 96.2 Å². The number of nitrogens with one attached hydrogen (secondary N) is 1. The first kappa shape index (κ1) is 11.5. The summed E-state index contributed by atoms with van der Waals surface area (Å²) in [5.41, 5.74) is 0. The number of likely N-dealkylation sites (tertiary alicyclic amines) is 1. The van der Waals surface area contributed by atoms with Crippen molar-refractivity contribution in [3.05, 3.63) is 12.2 Å². The predicted molar refractivity (Wildman–Crippen MR) is 61.1 cm³/mol. The summed E-state index contributed by atoms with van der Waals surface area (Å²) in [6.45, 7) is 7.79. The second-order valence-electron chi connectivity index (χ2n) is 4.63. The van der Waals surface area contributed by atoms with Crippen LogP contribution < -0.4 is 5.32 Å². The summed E-state index contributed by atoms with van der Waals surface area (Å²) in [6, 6.07) is 1.28. The van der Waals surface area contributed by atoms with Crippen LogP contribution >= 0.6 is 0 Å². The van der Waals surface area contributed by atoms with Crippen molar-refractivity contribution >= 4 is 0 Å². The van der Waals surface area contributed by atoms with E-state index in [1.165, 1.54) is 19.4 Å². The Bertz CT molecular complexity index is 299. The highest BCUT2D eigenvalue weighted by molar-refractivity contribution is 4.85. The summed E-state index contributed by atoms with van der Waals surface area (Å²) >= 11 is 0. The molecule has 1 unspecified atom stereocenters. The fraction of sp³-hybridized carbons (Fsp3) is 0.818. The van der Waals surface area contributed by atoms with E-state index in [1.807, 2.05) is 0 Å². The van der Waals surface area contributed by atoms with Gasteiger partial charge < -0.3 is 9.84 Å². The van der Waals surface area contributed by atoms with E-state index in [2.05, 4.69) is 38.7 Å². The van der Waals surface area contributed by atoms with Crippen molar-refractivity contribution in [3.63, 3.8) is 0 Å². The lowest BCUT2D eigenvalue weighted by Gasteiger charge is -2.20. The number of rotatable bonds is 5. The largest absolute Gasteiger partial charge is 0.343 e. The zero-order chi connectivity index (χ0) is 11.4. The molecule has 1 N–H and O–H groups in total. The molecular formula is C11H20N4O. The van der Waals surface area contributed by atoms with Crippen LogP contribution in [-0.4, -0.2) is 46.8 Å². The maximum absolute atomic E-state index is 4.69. The van der Waals surface area contributed by atoms with Gasteiger partial charge in [-0.15, -0.1) is 0 Å². The molecule has 1 atom stereocenters. The minimum Gasteiger partial charge on any atom is -0.343 e. The summed E-state index contributed by atoms with van der Waals surface area (Å²) in [5, 5.41) is 7.33. The monoisotopic (exact) mass is 224 g/mol. The van der Waals surface area contributed by atoms with Crippen molar-refractivity contribution in [2.45, 2.75) is 38.8 Å². The Kier molecular flexibility index (Phi) is 3.90. The van der Waals surface area contributed by atoms with Gasteiger partial charge in [-0.2, -0.15) is 4.98 Å². The molecule has 2 rings (SSSR count). The quantitative estimate of drug-likeness (QED) is 0.797. The molecule has 0 spiro atoms. The first-order chi connectivity index (χ1) is 7.75. The maximum atomic E-state index is 4.69. The zero-order valence-electron chi connectivity index (χ0n) is 10.0. The normalized spacial score (nSPS) is 22.1. The Morgan fingerprint density at radius 3 is 3.12 bits per heavy atom. The molecule has 0 aromatic carbocycles. The van der Waals surface area contributed by atoms with Crippen LogP contribution in [0.4, 0.5) is 0 Å². The van der Waals surface area contributed by atoms with Gasteiger partial charge in [-0.25, -0.2) is 0 Å². The summed E-state index contributed by atoms with van der Waals surface area (Å²) in [6.07, 6.45) is 3.46. The molecule has 0 aliphatic carbocycles. The van der Waals surface area contributed by atoms with Crippen molar-refractivity contribution in [3.8, 4) is 0 Å². The van der Waals surface area contributed by atoms with Gasteiger partial charge in [-0.05, 0) is 26.8 Å². The van der Waals surface area contributed by atoms with Crippen molar-refractivity contribution in [2.24, 2.45) is 0 Å². The van der Waals surface area contributed by atoms with Gasteiger partial charge in [0, 0.05) is 31.6 Å². The number of hydrogen-bond acceptors (Lipinski definition) is 5. The molecule has 1 aromatic heterocycles. The van der Waals surface area contributed by atoms with Gasteiger partial charge in [0.05, 0.1) is 0 Å². The summed E-state index contributed by atoms with van der Waals surface area (Å²) in [5.74, 6) is 0.784. The molecule has 5 heteroatoms. The van der Waals surface area contributed by atoms with E-state index < -0.39 is 0 Å². The van der Waals surface area contributed by atoms with Gasteiger partial charge in [-0.3, -0.25) is 4.90 Å². The zero-order valence-corrected chi connectivity index (χ0v) is 10.0. The molecule has 1 aromatic rings. The Morgan fingerprint density at radius 2 is 2.50 bits per heavy atom. The third-order valence-electron chi connectivity index (χ3n) is 3.14. The average Bonchev–Trinajstić information content (AvgIpc) is 2.87. The first-order valence-electron chi connectivity index (χ1n) is 5.98. The molecule has 0 radical (unpaired) electrons. The minimum atomic E-state index is 0.620. The molecule has 0 saturated carbocycles. The van der Waals surface area contributed by atoms with Gasteiger partial charge in [0.15, 0.2) is 5.82 Å². The van der Waals surface area contributed by atoms with Crippen LogP contribution in [-0.2, 0) is 6.42 Å². The van der Waals surface area contributed by atoms with Crippen molar-refractivity contribution < 1.29 is 4.52 Å². The molecule has 90 valence electrons. The van der Waals surface area contributed by atoms with E-state index in [-0.39, 0.29) is 0 Å². The molecule has 1 saturated heterocycles. The van der Waals surface area contributed by atoms with Crippen molar-refractivity contribution in [1.29, 1.82) is 0 Å². The lowest BCUT2D eigenvalue weighted by Crippen LogP contribution is -2.36. The molecule has 1 aliphatic heterocycles. The molecule has 1 aliphatic rings. The molecule has 0 amide bonds. The maximum Gasteiger partial charge on any atom is 0.213 e. The summed E-state index contributed by atoms with van der Waals surface area (Å²) < 4.78 is 4.69. The van der Waals surface area contributed by atoms with E-state index in [1.54, 1.807) is 0 Å². The highest BCUT2D eigenvalue weighted by Crippen LogP contribution is 2.11. The van der Waals surface area contributed by atoms with E-state index in [0.717, 1.165) is 25.3 Å². The Morgan fingerprint density at radius 1 is 1.62 bits per heavy atom. The lowest BCUT2D eigenvalue weighted by atomic mass is 10.2. The third kappa shape index (κ3) is 3.02. The Balaban J connectivity index is 1.64. The first-order valence-corrected chi connectivity index (χ1v) is 5.98. The smallest absolute Gasteiger partial charge is 0.213 e. The lowest BCUT2D eigenvalue weighted by molar-refractivity contribution is 0.268. The molecule has 16 heavy (non-hydrogen) atoms. The standard InChI is InChI=1S/C11H20N4O/c1-9(2)15-6-4-10(7-15)12-5-3-11-13-8-16-14-11/h8-10,12H,3-7H2,1-2H3. The topological polar surface area (TPSA) is 54.2 Å². The second-order valence-corrected chi connectivity index (χ2v) is 4.63. The van der Waals surface area contributed by atoms with Gasteiger partial charge in [0.2, 0.25) is 6.39 Å². The van der Waals surface area contributed by atoms with Gasteiger partial charge in [0.1, 0.15) is 0 Å². The fourth-order valence-corrected chi connectivity index (χ4v) is 2.11. The van der Waals surface area contributed by atoms with E-state index in [4.69, 9.17) is 0 Å². The molecule has 1 fully saturated rings. The van der Waals surface area contributed by atoms with Gasteiger partial charge in [0.25, 0.3) is 0 Å². The van der Waals surface area contributed by atoms with Crippen LogP contribution in [0.25, 0.3) is 0 Å². The molecular weight excluding hydrogens is 204 g/mol. The van der Waals surface area contributed by atoms with E-state index in [9.17, 15) is 0 Å². The van der Waals surface area contributed by atoms with E-state index >= 15 is 0 Å². The van der Waals surface area contributed by atoms with Crippen LogP contribution in [0.3, 0.4) is 0 Å². The van der Waals surface area contributed by atoms with Crippen LogP contribution in [0.15, 0.2) is 10.9 Å². The van der Waals surface area contributed by atoms with Crippen molar-refractivity contribution in [2.75, 3.05) is 19.6 Å². The molecule has 2 heterocycles. The third-order valence-corrected chi connectivity index (χ3v) is 3.14. The minimum absolute atomic E-state index is 0.620. The summed E-state index contributed by atoms with van der Waals surface area (Å²) in [4.78, 5) is 6.50. The average molecular weight is 224 g/mol. The number of hydrogen-bond donors (Lipinski definition) is 1. The number of aromatic nitrogens is 2. The van der Waals surface area contributed by atoms with Crippen LogP contribution in [0.5, 0.6) is 0 Å². The van der Waals surface area contributed by atoms with Gasteiger partial charge in [-0.1, -0.05) is 5.16 Å². The van der Waals surface area contributed by atoms with Gasteiger partial charge >= 0.3 is 0 Å². The molecule has 0 bridgehead atoms. The van der Waals surface area contributed by atoms with Crippen LogP contribution in [0.1, 0.15) is 26.1 Å². The fourth-order valence-electron chi connectivity index (χ4n) is 2.11. The molecule has 5 nitrogen and oxygen atoms in total. The van der Waals surface area contributed by atoms with Crippen LogP contribution in [0.2, 0.25) is 0 Å². The van der Waals surface area contributed by atoms with Crippen LogP contribution in [0, 0.1) is 0 Å².